The number of benzene rings is 1. The van der Waals surface area contributed by atoms with Gasteiger partial charge in [0.05, 0.1) is 5.69 Å². The number of anilines is 1. The van der Waals surface area contributed by atoms with Gasteiger partial charge in [0.2, 0.25) is 0 Å². The molecular formula is C11H14BrN. The maximum Gasteiger partial charge on any atom is 0.0510 e. The Morgan fingerprint density at radius 1 is 1.23 bits per heavy atom. The van der Waals surface area contributed by atoms with Crippen LogP contribution in [0, 0.1) is 6.92 Å². The maximum absolute atomic E-state index is 3.62. The Labute approximate surface area is 87.9 Å². The molecule has 0 radical (unpaired) electrons. The second-order valence-electron chi connectivity index (χ2n) is 3.65. The maximum atomic E-state index is 3.62. The molecule has 1 saturated heterocycles. The van der Waals surface area contributed by atoms with Gasteiger partial charge in [-0.05, 0) is 53.4 Å². The third-order valence-corrected chi connectivity index (χ3v) is 3.19. The molecule has 2 rings (SSSR count). The van der Waals surface area contributed by atoms with Crippen molar-refractivity contribution >= 4 is 21.6 Å². The molecule has 0 saturated carbocycles. The largest absolute Gasteiger partial charge is 0.371 e. The molecule has 1 nitrogen and oxygen atoms in total. The van der Waals surface area contributed by atoms with E-state index in [1.165, 1.54) is 41.7 Å². The minimum Gasteiger partial charge on any atom is -0.371 e. The van der Waals surface area contributed by atoms with Gasteiger partial charge in [0.25, 0.3) is 0 Å². The van der Waals surface area contributed by atoms with Gasteiger partial charge in [0.15, 0.2) is 0 Å². The number of halogens is 1. The molecule has 1 heterocycles. The molecule has 0 aromatic heterocycles. The van der Waals surface area contributed by atoms with E-state index in [4.69, 9.17) is 0 Å². The zero-order valence-electron chi connectivity index (χ0n) is 7.89. The minimum atomic E-state index is 1.21. The lowest BCUT2D eigenvalue weighted by Gasteiger charge is -2.19. The van der Waals surface area contributed by atoms with E-state index in [-0.39, 0.29) is 0 Å². The molecule has 0 spiro atoms. The standard InChI is InChI=1S/C11H14BrN/c1-9-4-5-11(10(12)8-9)13-6-2-3-7-13/h4-5,8H,2-3,6-7H2,1H3. The monoisotopic (exact) mass is 239 g/mol. The third-order valence-electron chi connectivity index (χ3n) is 2.55. The van der Waals surface area contributed by atoms with Gasteiger partial charge in [-0.2, -0.15) is 0 Å². The summed E-state index contributed by atoms with van der Waals surface area (Å²) < 4.78 is 1.23. The third kappa shape index (κ3) is 1.88. The van der Waals surface area contributed by atoms with Crippen LogP contribution >= 0.6 is 15.9 Å². The summed E-state index contributed by atoms with van der Waals surface area (Å²) in [6.45, 7) is 4.54. The predicted molar refractivity (Wildman–Crippen MR) is 60.3 cm³/mol. The van der Waals surface area contributed by atoms with Crippen molar-refractivity contribution < 1.29 is 0 Å². The van der Waals surface area contributed by atoms with Crippen molar-refractivity contribution in [2.24, 2.45) is 0 Å². The fraction of sp³-hybridized carbons (Fsp3) is 0.455. The molecule has 1 aromatic carbocycles. The van der Waals surface area contributed by atoms with E-state index < -0.39 is 0 Å². The first kappa shape index (κ1) is 9.07. The number of rotatable bonds is 1. The van der Waals surface area contributed by atoms with Crippen molar-refractivity contribution in [3.63, 3.8) is 0 Å². The first-order valence-corrected chi connectivity index (χ1v) is 5.58. The first-order chi connectivity index (χ1) is 6.27. The summed E-state index contributed by atoms with van der Waals surface area (Å²) in [5, 5.41) is 0. The number of nitrogens with zero attached hydrogens (tertiary/aromatic N) is 1. The first-order valence-electron chi connectivity index (χ1n) is 4.78. The van der Waals surface area contributed by atoms with Crippen molar-refractivity contribution in [2.75, 3.05) is 18.0 Å². The summed E-state index contributed by atoms with van der Waals surface area (Å²) in [6.07, 6.45) is 2.67. The molecule has 2 heteroatoms. The highest BCUT2D eigenvalue weighted by atomic mass is 79.9. The zero-order valence-corrected chi connectivity index (χ0v) is 9.47. The van der Waals surface area contributed by atoms with Gasteiger partial charge >= 0.3 is 0 Å². The average molecular weight is 240 g/mol. The highest BCUT2D eigenvalue weighted by molar-refractivity contribution is 9.10. The lowest BCUT2D eigenvalue weighted by Crippen LogP contribution is -2.17. The van der Waals surface area contributed by atoms with Gasteiger partial charge in [0, 0.05) is 17.6 Å². The molecule has 1 fully saturated rings. The highest BCUT2D eigenvalue weighted by Gasteiger charge is 2.14. The zero-order chi connectivity index (χ0) is 9.26. The van der Waals surface area contributed by atoms with Crippen LogP contribution in [-0.4, -0.2) is 13.1 Å². The SMILES string of the molecule is Cc1ccc(N2CCCC2)c(Br)c1. The molecule has 0 unspecified atom stereocenters. The molecule has 70 valence electrons. The van der Waals surface area contributed by atoms with Gasteiger partial charge < -0.3 is 4.90 Å². The summed E-state index contributed by atoms with van der Waals surface area (Å²) in [7, 11) is 0. The van der Waals surface area contributed by atoms with Crippen molar-refractivity contribution in [1.29, 1.82) is 0 Å². The van der Waals surface area contributed by atoms with Gasteiger partial charge in [-0.3, -0.25) is 0 Å². The molecule has 0 amide bonds. The van der Waals surface area contributed by atoms with E-state index in [9.17, 15) is 0 Å². The summed E-state index contributed by atoms with van der Waals surface area (Å²) >= 11 is 3.62. The average Bonchev–Trinajstić information content (AvgIpc) is 2.56. The van der Waals surface area contributed by atoms with Crippen LogP contribution in [0.4, 0.5) is 5.69 Å². The Morgan fingerprint density at radius 2 is 1.92 bits per heavy atom. The number of aryl methyl sites for hydroxylation is 1. The van der Waals surface area contributed by atoms with Crippen molar-refractivity contribution in [3.8, 4) is 0 Å². The van der Waals surface area contributed by atoms with E-state index in [2.05, 4.69) is 46.0 Å². The predicted octanol–water partition coefficient (Wildman–Crippen LogP) is 3.36. The van der Waals surface area contributed by atoms with Gasteiger partial charge in [-0.15, -0.1) is 0 Å². The highest BCUT2D eigenvalue weighted by Crippen LogP contribution is 2.29. The van der Waals surface area contributed by atoms with Crippen LogP contribution in [0.1, 0.15) is 18.4 Å². The van der Waals surface area contributed by atoms with E-state index in [1.807, 2.05) is 0 Å². The van der Waals surface area contributed by atoms with E-state index in [0.717, 1.165) is 0 Å². The fourth-order valence-electron chi connectivity index (χ4n) is 1.83. The van der Waals surface area contributed by atoms with Gasteiger partial charge in [-0.25, -0.2) is 0 Å². The topological polar surface area (TPSA) is 3.24 Å². The molecular weight excluding hydrogens is 226 g/mol. The van der Waals surface area contributed by atoms with Gasteiger partial charge in [0.1, 0.15) is 0 Å². The van der Waals surface area contributed by atoms with Crippen LogP contribution in [0.5, 0.6) is 0 Å². The van der Waals surface area contributed by atoms with Crippen LogP contribution in [0.25, 0.3) is 0 Å². The molecule has 1 aliphatic rings. The number of hydrogen-bond donors (Lipinski definition) is 0. The lowest BCUT2D eigenvalue weighted by atomic mass is 10.2. The second-order valence-corrected chi connectivity index (χ2v) is 4.50. The minimum absolute atomic E-state index is 1.21. The number of hydrogen-bond acceptors (Lipinski definition) is 1. The van der Waals surface area contributed by atoms with Crippen LogP contribution in [0.3, 0.4) is 0 Å². The Balaban J connectivity index is 2.29. The van der Waals surface area contributed by atoms with E-state index in [0.29, 0.717) is 0 Å². The molecule has 0 N–H and O–H groups in total. The van der Waals surface area contributed by atoms with Crippen LogP contribution in [0.15, 0.2) is 22.7 Å². The molecule has 1 aromatic rings. The summed E-state index contributed by atoms with van der Waals surface area (Å²) in [5.74, 6) is 0. The van der Waals surface area contributed by atoms with E-state index in [1.54, 1.807) is 0 Å². The quantitative estimate of drug-likeness (QED) is 0.727. The summed E-state index contributed by atoms with van der Waals surface area (Å²) in [4.78, 5) is 2.45. The summed E-state index contributed by atoms with van der Waals surface area (Å²) in [6, 6.07) is 6.58. The van der Waals surface area contributed by atoms with Crippen LogP contribution < -0.4 is 4.90 Å². The molecule has 0 aliphatic carbocycles. The second kappa shape index (κ2) is 3.70. The van der Waals surface area contributed by atoms with Gasteiger partial charge in [-0.1, -0.05) is 6.07 Å². The van der Waals surface area contributed by atoms with E-state index >= 15 is 0 Å². The summed E-state index contributed by atoms with van der Waals surface area (Å²) in [5.41, 5.74) is 2.66. The van der Waals surface area contributed by atoms with Crippen LogP contribution in [0.2, 0.25) is 0 Å². The Hall–Kier alpha value is -0.500. The lowest BCUT2D eigenvalue weighted by molar-refractivity contribution is 0.949. The van der Waals surface area contributed by atoms with Crippen molar-refractivity contribution in [3.05, 3.63) is 28.2 Å². The Kier molecular flexibility index (Phi) is 2.58. The van der Waals surface area contributed by atoms with Crippen LogP contribution in [-0.2, 0) is 0 Å². The fourth-order valence-corrected chi connectivity index (χ4v) is 2.57. The molecule has 13 heavy (non-hydrogen) atoms. The molecule has 0 bridgehead atoms. The normalized spacial score (nSPS) is 16.6. The molecule has 0 atom stereocenters. The smallest absolute Gasteiger partial charge is 0.0510 e. The Morgan fingerprint density at radius 3 is 2.54 bits per heavy atom. The van der Waals surface area contributed by atoms with Crippen molar-refractivity contribution in [2.45, 2.75) is 19.8 Å². The Bertz CT molecular complexity index is 303. The van der Waals surface area contributed by atoms with Crippen molar-refractivity contribution in [1.82, 2.24) is 0 Å². The molecule has 1 aliphatic heterocycles.